The van der Waals surface area contributed by atoms with Crippen LogP contribution in [0, 0.1) is 13.8 Å². The molecule has 0 spiro atoms. The Labute approximate surface area is 206 Å². The predicted molar refractivity (Wildman–Crippen MR) is 132 cm³/mol. The standard InChI is InChI=1S/C28H34N2O5/c1-4-33-26(21-7-8-23-25(19(21)3)17-35-28(23)32)15-30-13-11-29(12-14-30)10-9-20-5-6-22-24(18(20)2)16-34-27(22)31/h5-8,26H,4,9-17H2,1-3H3. The first kappa shape index (κ1) is 24.0. The van der Waals surface area contributed by atoms with E-state index in [1.165, 1.54) is 11.1 Å². The maximum absolute atomic E-state index is 11.9. The van der Waals surface area contributed by atoms with Crippen LogP contribution < -0.4 is 0 Å². The fraction of sp³-hybridized carbons (Fsp3) is 0.500. The second-order valence-electron chi connectivity index (χ2n) is 9.67. The van der Waals surface area contributed by atoms with E-state index in [0.717, 1.165) is 73.5 Å². The second kappa shape index (κ2) is 10.1. The van der Waals surface area contributed by atoms with Gasteiger partial charge in [0.05, 0.1) is 17.2 Å². The van der Waals surface area contributed by atoms with E-state index in [2.05, 4.69) is 29.7 Å². The van der Waals surface area contributed by atoms with E-state index >= 15 is 0 Å². The number of fused-ring (bicyclic) bond motifs is 2. The molecule has 0 N–H and O–H groups in total. The van der Waals surface area contributed by atoms with E-state index in [-0.39, 0.29) is 18.0 Å². The SMILES string of the molecule is CCOC(CN1CCN(CCc2ccc3c(c2C)COC3=O)CC1)c1ccc2c(c1C)COC2=O. The molecule has 5 rings (SSSR count). The van der Waals surface area contributed by atoms with Crippen LogP contribution in [0.1, 0.15) is 67.1 Å². The lowest BCUT2D eigenvalue weighted by Crippen LogP contribution is -2.48. The van der Waals surface area contributed by atoms with Crippen LogP contribution in [0.15, 0.2) is 24.3 Å². The fourth-order valence-corrected chi connectivity index (χ4v) is 5.54. The number of ether oxygens (including phenoxy) is 3. The molecule has 0 amide bonds. The molecule has 1 atom stereocenters. The summed E-state index contributed by atoms with van der Waals surface area (Å²) in [6.07, 6.45) is 0.954. The predicted octanol–water partition coefficient (Wildman–Crippen LogP) is 3.58. The van der Waals surface area contributed by atoms with Crippen molar-refractivity contribution in [2.24, 2.45) is 0 Å². The fourth-order valence-electron chi connectivity index (χ4n) is 5.54. The summed E-state index contributed by atoms with van der Waals surface area (Å²) in [6.45, 7) is 13.5. The van der Waals surface area contributed by atoms with Crippen molar-refractivity contribution in [2.75, 3.05) is 45.9 Å². The van der Waals surface area contributed by atoms with Crippen LogP contribution in [0.25, 0.3) is 0 Å². The van der Waals surface area contributed by atoms with Gasteiger partial charge in [0.1, 0.15) is 13.2 Å². The molecule has 0 radical (unpaired) electrons. The molecule has 7 heteroatoms. The monoisotopic (exact) mass is 478 g/mol. The molecule has 3 aliphatic heterocycles. The molecule has 1 saturated heterocycles. The summed E-state index contributed by atoms with van der Waals surface area (Å²) in [6, 6.07) is 7.93. The number of benzene rings is 2. The van der Waals surface area contributed by atoms with Gasteiger partial charge in [0, 0.05) is 57.0 Å². The minimum Gasteiger partial charge on any atom is -0.457 e. The minimum atomic E-state index is -0.226. The molecule has 0 saturated carbocycles. The average Bonchev–Trinajstić information content (AvgIpc) is 3.43. The maximum Gasteiger partial charge on any atom is 0.338 e. The lowest BCUT2D eigenvalue weighted by atomic mass is 9.95. The summed E-state index contributed by atoms with van der Waals surface area (Å²) in [5.41, 5.74) is 8.23. The molecule has 7 nitrogen and oxygen atoms in total. The van der Waals surface area contributed by atoms with Gasteiger partial charge in [-0.1, -0.05) is 12.1 Å². The lowest BCUT2D eigenvalue weighted by Gasteiger charge is -2.36. The van der Waals surface area contributed by atoms with Crippen molar-refractivity contribution in [3.05, 3.63) is 68.8 Å². The number of carbonyl (C=O) groups excluding carboxylic acids is 2. The van der Waals surface area contributed by atoms with Crippen molar-refractivity contribution in [3.8, 4) is 0 Å². The Morgan fingerprint density at radius 3 is 2.11 bits per heavy atom. The number of hydrogen-bond acceptors (Lipinski definition) is 7. The Morgan fingerprint density at radius 2 is 1.46 bits per heavy atom. The number of piperazine rings is 1. The highest BCUT2D eigenvalue weighted by atomic mass is 16.5. The third-order valence-electron chi connectivity index (χ3n) is 7.79. The van der Waals surface area contributed by atoms with Crippen molar-refractivity contribution in [3.63, 3.8) is 0 Å². The average molecular weight is 479 g/mol. The Balaban J connectivity index is 1.17. The second-order valence-corrected chi connectivity index (χ2v) is 9.67. The van der Waals surface area contributed by atoms with Gasteiger partial charge in [-0.05, 0) is 61.6 Å². The number of esters is 2. The van der Waals surface area contributed by atoms with Crippen molar-refractivity contribution < 1.29 is 23.8 Å². The lowest BCUT2D eigenvalue weighted by molar-refractivity contribution is 0.0181. The maximum atomic E-state index is 11.9. The van der Waals surface area contributed by atoms with E-state index in [1.54, 1.807) is 0 Å². The molecule has 2 aromatic rings. The molecule has 0 bridgehead atoms. The molecule has 1 fully saturated rings. The van der Waals surface area contributed by atoms with E-state index in [0.29, 0.717) is 25.4 Å². The van der Waals surface area contributed by atoms with E-state index in [9.17, 15) is 9.59 Å². The Hall–Kier alpha value is -2.74. The van der Waals surface area contributed by atoms with Gasteiger partial charge in [-0.25, -0.2) is 9.59 Å². The first-order valence-corrected chi connectivity index (χ1v) is 12.6. The van der Waals surface area contributed by atoms with Crippen LogP contribution >= 0.6 is 0 Å². The quantitative estimate of drug-likeness (QED) is 0.537. The van der Waals surface area contributed by atoms with Crippen LogP contribution in [0.3, 0.4) is 0 Å². The van der Waals surface area contributed by atoms with Gasteiger partial charge in [-0.15, -0.1) is 0 Å². The van der Waals surface area contributed by atoms with Crippen molar-refractivity contribution in [1.29, 1.82) is 0 Å². The summed E-state index contributed by atoms with van der Waals surface area (Å²) in [7, 11) is 0. The van der Waals surface area contributed by atoms with Crippen LogP contribution in [0.4, 0.5) is 0 Å². The molecule has 1 unspecified atom stereocenters. The zero-order chi connectivity index (χ0) is 24.5. The Morgan fingerprint density at radius 1 is 0.857 bits per heavy atom. The van der Waals surface area contributed by atoms with Crippen molar-refractivity contribution in [1.82, 2.24) is 9.80 Å². The minimum absolute atomic E-state index is 0.0217. The van der Waals surface area contributed by atoms with Crippen LogP contribution in [0.5, 0.6) is 0 Å². The smallest absolute Gasteiger partial charge is 0.338 e. The molecule has 3 heterocycles. The number of rotatable bonds is 8. The first-order chi connectivity index (χ1) is 17.0. The zero-order valence-corrected chi connectivity index (χ0v) is 20.9. The van der Waals surface area contributed by atoms with E-state index < -0.39 is 0 Å². The van der Waals surface area contributed by atoms with Gasteiger partial charge in [0.2, 0.25) is 0 Å². The Kier molecular flexibility index (Phi) is 6.91. The summed E-state index contributed by atoms with van der Waals surface area (Å²) in [5.74, 6) is -0.427. The molecule has 0 aromatic heterocycles. The van der Waals surface area contributed by atoms with Gasteiger partial charge >= 0.3 is 11.9 Å². The van der Waals surface area contributed by atoms with Gasteiger partial charge in [-0.2, -0.15) is 0 Å². The van der Waals surface area contributed by atoms with Crippen molar-refractivity contribution >= 4 is 11.9 Å². The zero-order valence-electron chi connectivity index (χ0n) is 20.9. The van der Waals surface area contributed by atoms with Gasteiger partial charge in [0.15, 0.2) is 0 Å². The summed E-state index contributed by atoms with van der Waals surface area (Å²) in [4.78, 5) is 28.7. The number of cyclic esters (lactones) is 2. The summed E-state index contributed by atoms with van der Waals surface area (Å²) >= 11 is 0. The molecule has 35 heavy (non-hydrogen) atoms. The molecule has 186 valence electrons. The topological polar surface area (TPSA) is 68.3 Å². The number of carbonyl (C=O) groups is 2. The van der Waals surface area contributed by atoms with Gasteiger partial charge in [0.25, 0.3) is 0 Å². The van der Waals surface area contributed by atoms with Crippen LogP contribution in [-0.2, 0) is 33.8 Å². The highest BCUT2D eigenvalue weighted by Crippen LogP contribution is 2.31. The van der Waals surface area contributed by atoms with Crippen LogP contribution in [-0.4, -0.2) is 67.6 Å². The third kappa shape index (κ3) is 4.73. The molecular weight excluding hydrogens is 444 g/mol. The molecule has 0 aliphatic carbocycles. The van der Waals surface area contributed by atoms with Gasteiger partial charge < -0.3 is 19.1 Å². The molecule has 2 aromatic carbocycles. The van der Waals surface area contributed by atoms with E-state index in [4.69, 9.17) is 14.2 Å². The Bertz CT molecular complexity index is 1140. The van der Waals surface area contributed by atoms with Crippen LogP contribution in [0.2, 0.25) is 0 Å². The highest BCUT2D eigenvalue weighted by Gasteiger charge is 2.28. The van der Waals surface area contributed by atoms with E-state index in [1.807, 2.05) is 25.1 Å². The van der Waals surface area contributed by atoms with Gasteiger partial charge in [-0.3, -0.25) is 4.90 Å². The highest BCUT2D eigenvalue weighted by molar-refractivity contribution is 5.94. The normalized spacial score (nSPS) is 18.8. The summed E-state index contributed by atoms with van der Waals surface area (Å²) < 4.78 is 16.6. The number of hydrogen-bond donors (Lipinski definition) is 0. The molecule has 3 aliphatic rings. The van der Waals surface area contributed by atoms with Crippen molar-refractivity contribution in [2.45, 2.75) is 46.5 Å². The summed E-state index contributed by atoms with van der Waals surface area (Å²) in [5, 5.41) is 0. The molecular formula is C28H34N2O5. The first-order valence-electron chi connectivity index (χ1n) is 12.6. The number of nitrogens with zero attached hydrogens (tertiary/aromatic N) is 2. The third-order valence-corrected chi connectivity index (χ3v) is 7.79. The largest absolute Gasteiger partial charge is 0.457 e.